The number of aliphatic hydroxyl groups excluding tert-OH is 3. The van der Waals surface area contributed by atoms with Gasteiger partial charge in [0.05, 0.1) is 169 Å². The summed E-state index contributed by atoms with van der Waals surface area (Å²) in [5.74, 6) is 6.86. The van der Waals surface area contributed by atoms with Gasteiger partial charge in [-0.1, -0.05) is 0 Å². The van der Waals surface area contributed by atoms with Crippen molar-refractivity contribution in [2.24, 2.45) is 0 Å². The summed E-state index contributed by atoms with van der Waals surface area (Å²) in [6.07, 6.45) is 20.2. The summed E-state index contributed by atoms with van der Waals surface area (Å²) in [5.41, 5.74) is 6.40. The molecule has 5 fully saturated rings. The summed E-state index contributed by atoms with van der Waals surface area (Å²) >= 11 is 0. The van der Waals surface area contributed by atoms with Gasteiger partial charge in [0.2, 0.25) is 29.5 Å². The fourth-order valence-corrected chi connectivity index (χ4v) is 17.3. The molecule has 0 unspecified atom stereocenters. The Balaban J connectivity index is 0.000000130. The molecule has 0 aliphatic carbocycles. The summed E-state index contributed by atoms with van der Waals surface area (Å²) in [4.78, 5) is 151. The van der Waals surface area contributed by atoms with Crippen LogP contribution >= 0.6 is 0 Å². The number of rotatable bonds is 31. The molecule has 0 spiro atoms. The molecule has 5 amide bonds. The second-order valence-electron chi connectivity index (χ2n) is 34.3. The van der Waals surface area contributed by atoms with Gasteiger partial charge in [0.1, 0.15) is 90.5 Å². The number of carbonyl (C=O) groups is 5. The van der Waals surface area contributed by atoms with E-state index in [0.717, 1.165) is 96.0 Å². The number of anilines is 5. The second kappa shape index (κ2) is 47.6. The Morgan fingerprint density at radius 2 is 0.593 bits per heavy atom. The third-order valence-corrected chi connectivity index (χ3v) is 25.1. The number of aliphatic hydroxyl groups is 3. The number of carbonyl (C=O) groups excluding carboxylic acids is 5. The van der Waals surface area contributed by atoms with E-state index in [1.807, 2.05) is 91.0 Å². The summed E-state index contributed by atoms with van der Waals surface area (Å²) in [7, 11) is 8.04. The Morgan fingerprint density at radius 3 is 0.883 bits per heavy atom. The summed E-state index contributed by atoms with van der Waals surface area (Å²) in [5, 5.41) is 33.2. The normalized spacial score (nSPS) is 15.5. The zero-order valence-electron chi connectivity index (χ0n) is 80.5. The van der Waals surface area contributed by atoms with Crippen molar-refractivity contribution in [3.63, 3.8) is 0 Å². The van der Waals surface area contributed by atoms with Crippen LogP contribution in [0.2, 0.25) is 0 Å². The Morgan fingerprint density at radius 1 is 0.297 bits per heavy atom. The van der Waals surface area contributed by atoms with Crippen LogP contribution < -0.4 is 99.7 Å². The van der Waals surface area contributed by atoms with Crippen molar-refractivity contribution < 1.29 is 86.7 Å². The maximum absolute atomic E-state index is 12.3. The third kappa shape index (κ3) is 24.8. The predicted molar refractivity (Wildman–Crippen MR) is 544 cm³/mol. The first-order chi connectivity index (χ1) is 70.5. The zero-order chi connectivity index (χ0) is 102. The minimum absolute atomic E-state index is 0.0471. The molecule has 3 N–H and O–H groups in total. The van der Waals surface area contributed by atoms with Gasteiger partial charge in [-0.15, -0.1) is 0 Å². The minimum Gasteiger partial charge on any atom is -0.497 e. The van der Waals surface area contributed by atoms with Crippen LogP contribution in [-0.4, -0.2) is 212 Å². The van der Waals surface area contributed by atoms with E-state index in [9.17, 15) is 63.3 Å². The molecule has 5 saturated heterocycles. The number of aromatic nitrogens is 10. The lowest BCUT2D eigenvalue weighted by Gasteiger charge is -2.30. The van der Waals surface area contributed by atoms with E-state index in [2.05, 4.69) is 24.9 Å². The van der Waals surface area contributed by atoms with Crippen LogP contribution in [0, 0.1) is 0 Å². The van der Waals surface area contributed by atoms with Crippen LogP contribution in [0.15, 0.2) is 268 Å². The number of fused-ring (bicyclic) bond motifs is 5. The van der Waals surface area contributed by atoms with Crippen LogP contribution in [0.3, 0.4) is 0 Å². The van der Waals surface area contributed by atoms with E-state index < -0.39 is 12.2 Å². The number of nitrogens with zero attached hydrogens (tertiary/aromatic N) is 15. The predicted octanol–water partition coefficient (Wildman–Crippen LogP) is 10.7. The fourth-order valence-electron chi connectivity index (χ4n) is 17.3. The van der Waals surface area contributed by atoms with Crippen LogP contribution in [0.5, 0.6) is 57.5 Å². The molecule has 15 heterocycles. The Kier molecular flexibility index (Phi) is 33.2. The highest BCUT2D eigenvalue weighted by Crippen LogP contribution is 2.35. The quantitative estimate of drug-likeness (QED) is 0.0340. The molecule has 5 aliphatic rings. The first-order valence-corrected chi connectivity index (χ1v) is 47.3. The van der Waals surface area contributed by atoms with Gasteiger partial charge >= 0.3 is 0 Å². The van der Waals surface area contributed by atoms with E-state index in [0.29, 0.717) is 155 Å². The average Bonchev–Trinajstić information content (AvgIpc) is 1.08. The number of piperidine rings is 2. The van der Waals surface area contributed by atoms with Gasteiger partial charge in [0, 0.05) is 188 Å². The number of hydrogen-bond donors (Lipinski definition) is 3. The molecular weight excluding hydrogens is 1860 g/mol. The smallest absolute Gasteiger partial charge is 0.250 e. The molecule has 145 heavy (non-hydrogen) atoms. The molecule has 0 radical (unpaired) electrons. The fraction of sp³-hybridized carbons (Fsp3) is 0.299. The molecule has 38 nitrogen and oxygen atoms in total. The van der Waals surface area contributed by atoms with Gasteiger partial charge in [0.25, 0.3) is 27.8 Å². The third-order valence-electron chi connectivity index (χ3n) is 25.1. The molecular formula is C107H109N15O23. The number of hydrogen-bond acceptors (Lipinski definition) is 28. The van der Waals surface area contributed by atoms with Crippen molar-refractivity contribution in [1.29, 1.82) is 0 Å². The van der Waals surface area contributed by atoms with Gasteiger partial charge in [-0.2, -0.15) is 0 Å². The van der Waals surface area contributed by atoms with E-state index >= 15 is 0 Å². The van der Waals surface area contributed by atoms with Gasteiger partial charge in [-0.25, -0.2) is 0 Å². The number of ether oxygens (including phenoxy) is 10. The van der Waals surface area contributed by atoms with Crippen LogP contribution in [0.25, 0.3) is 54.5 Å². The number of methoxy groups -OCH3 is 5. The first kappa shape index (κ1) is 101. The highest BCUT2D eigenvalue weighted by molar-refractivity contribution is 6.00. The Hall–Kier alpha value is -16.9. The Bertz CT molecular complexity index is 7400. The first-order valence-electron chi connectivity index (χ1n) is 47.3. The maximum atomic E-state index is 12.3. The van der Waals surface area contributed by atoms with E-state index in [1.54, 1.807) is 187 Å². The monoisotopic (exact) mass is 1970 g/mol. The number of β-amino-alcohol motifs (C(OH)–C–C–N with tert-alkyl or cyclic N) is 1. The summed E-state index contributed by atoms with van der Waals surface area (Å²) in [6.45, 7) is 5.15. The van der Waals surface area contributed by atoms with Crippen molar-refractivity contribution >= 4 is 112 Å². The Labute approximate surface area is 830 Å². The summed E-state index contributed by atoms with van der Waals surface area (Å²) < 4.78 is 63.4. The number of pyridine rings is 10. The molecule has 20 rings (SSSR count). The molecule has 5 aliphatic heterocycles. The van der Waals surface area contributed by atoms with Gasteiger partial charge < -0.3 is 110 Å². The highest BCUT2D eigenvalue weighted by atomic mass is 16.5. The minimum atomic E-state index is -0.676. The average molecular weight is 1970 g/mol. The second-order valence-corrected chi connectivity index (χ2v) is 34.3. The van der Waals surface area contributed by atoms with Gasteiger partial charge in [0.15, 0.2) is 0 Å². The largest absolute Gasteiger partial charge is 0.497 e. The number of amides is 5. The van der Waals surface area contributed by atoms with E-state index in [-0.39, 0.29) is 109 Å². The molecule has 5 aromatic carbocycles. The zero-order valence-corrected chi connectivity index (χ0v) is 80.5. The lowest BCUT2D eigenvalue weighted by Crippen LogP contribution is -2.44. The van der Waals surface area contributed by atoms with Gasteiger partial charge in [-0.05, 0) is 147 Å². The lowest BCUT2D eigenvalue weighted by atomic mass is 10.1. The van der Waals surface area contributed by atoms with Crippen LogP contribution in [-0.2, 0) is 56.7 Å². The topological polar surface area (TPSA) is 429 Å². The van der Waals surface area contributed by atoms with Crippen LogP contribution in [0.1, 0.15) is 57.8 Å². The van der Waals surface area contributed by atoms with Crippen molar-refractivity contribution in [1.82, 2.24) is 47.8 Å². The van der Waals surface area contributed by atoms with Gasteiger partial charge in [-0.3, -0.25) is 72.9 Å². The molecule has 0 bridgehead atoms. The molecule has 15 aromatic rings. The molecule has 10 aromatic heterocycles. The van der Waals surface area contributed by atoms with E-state index in [4.69, 9.17) is 47.4 Å². The van der Waals surface area contributed by atoms with Crippen molar-refractivity contribution in [3.05, 3.63) is 296 Å². The SMILES string of the molecule is COc1ccc2c(OCCn3cc(N4C(=O)CC[C@@H]4CO)ccc3=O)ccnc2c1.COc1ccc2c(OCCn3cc(N4CCC4=O)ccc3=O)ccnc2c1.COc1ccc2c(OCCn3cc(N4CCCCC4=O)ccc3=O)ccnc2c1.COc1ccc2c(OCCn3cc(N4CC[C@@H](O)CC4=O)ccc3=O)ccnc2c1.COc1ccc2c(OCCn3cc(N4C[C@H](O)CC4=O)ccc3=O)ccnc2c1. The highest BCUT2D eigenvalue weighted by Gasteiger charge is 2.34. The standard InChI is InChI=1S/2C22H23N3O5.C22H23N3O4.C21H21N3O5.C20H19N3O4/c1-29-17-4-5-18-19(12-17)23-9-8-20(18)30-11-10-24-13-15(2-6-21(24)27)25-16(14-26)3-7-22(25)28;1-29-17-3-4-18-19(13-17)23-8-6-20(18)30-11-10-24-14-15(2-5-21(24)27)25-9-7-16(26)12-22(25)28;1-28-17-6-7-18-19(14-17)23-10-9-20(18)29-13-12-24-15-16(5-8-21(24)26)25-11-3-2-4-22(25)27;1-28-16-3-4-17-18(11-16)22-7-6-19(17)29-9-8-23-12-14(2-5-20(23)26)24-13-15(25)10-21(24)27;1-26-15-3-4-16-17(12-15)21-8-6-18(16)27-11-10-22-13-14(2-5-19(22)24)23-9-7-20(23)25/h2,4-6,8-9,12-13,16,26H,3,7,10-11,14H2,1H3;2-6,8,13-14,16,26H,7,9-12H2,1H3;5-10,14-15H,2-4,11-13H2,1H3;2-7,11-12,15,25H,8-10,13H2,1H3;2-6,8,12-13H,7,9-11H2,1H3/t2*16-;;15-;/m11.1./s1. The molecule has 750 valence electrons. The number of benzene rings is 5. The molecule has 38 heteroatoms. The van der Waals surface area contributed by atoms with Crippen molar-refractivity contribution in [2.45, 2.75) is 109 Å². The molecule has 0 saturated carbocycles. The van der Waals surface area contributed by atoms with Crippen molar-refractivity contribution in [3.8, 4) is 57.5 Å². The van der Waals surface area contributed by atoms with Crippen LogP contribution in [0.4, 0.5) is 28.4 Å². The number of β-lactam (4-membered cyclic amide) rings is 1. The summed E-state index contributed by atoms with van der Waals surface area (Å²) in [6, 6.07) is 52.1. The van der Waals surface area contributed by atoms with E-state index in [1.165, 1.54) is 48.9 Å². The maximum Gasteiger partial charge on any atom is 0.250 e. The lowest BCUT2D eigenvalue weighted by molar-refractivity contribution is -0.122. The molecule has 3 atom stereocenters. The van der Waals surface area contributed by atoms with Crippen molar-refractivity contribution in [2.75, 3.05) is 126 Å².